The summed E-state index contributed by atoms with van der Waals surface area (Å²) in [5, 5.41) is 13.0. The fourth-order valence-electron chi connectivity index (χ4n) is 2.09. The number of aromatic nitrogens is 2. The Bertz CT molecular complexity index is 545. The molecule has 0 amide bonds. The normalized spacial score (nSPS) is 14.1. The van der Waals surface area contributed by atoms with E-state index < -0.39 is 11.5 Å². The van der Waals surface area contributed by atoms with Crippen molar-refractivity contribution in [3.8, 4) is 0 Å². The molecule has 0 aliphatic rings. The molecule has 118 valence electrons. The van der Waals surface area contributed by atoms with Crippen molar-refractivity contribution in [2.24, 2.45) is 0 Å². The van der Waals surface area contributed by atoms with Crippen LogP contribution in [0.1, 0.15) is 39.3 Å². The number of hydrogen-bond donors (Lipinski definition) is 3. The first kappa shape index (κ1) is 17.7. The molecule has 1 atom stereocenters. The van der Waals surface area contributed by atoms with Crippen molar-refractivity contribution in [1.82, 2.24) is 15.3 Å². The standard InChI is InChI=1S/C14H23N3O3S/c1-9(2)17-14(4,12(19)20)6-5-7-21-13-15-10(3)8-11(18)16-13/h8-9,17H,5-7H2,1-4H3,(H,19,20)(H,15,16,18). The number of carboxylic acid groups (broad SMARTS) is 1. The Labute approximate surface area is 128 Å². The lowest BCUT2D eigenvalue weighted by molar-refractivity contribution is -0.144. The van der Waals surface area contributed by atoms with Gasteiger partial charge in [0.1, 0.15) is 5.54 Å². The zero-order chi connectivity index (χ0) is 16.0. The van der Waals surface area contributed by atoms with Crippen molar-refractivity contribution in [3.05, 3.63) is 22.1 Å². The lowest BCUT2D eigenvalue weighted by Crippen LogP contribution is -2.52. The Hall–Kier alpha value is -1.34. The second-order valence-electron chi connectivity index (χ2n) is 5.58. The van der Waals surface area contributed by atoms with Gasteiger partial charge in [0, 0.05) is 23.6 Å². The van der Waals surface area contributed by atoms with E-state index in [4.69, 9.17) is 0 Å². The molecular formula is C14H23N3O3S. The van der Waals surface area contributed by atoms with Gasteiger partial charge < -0.3 is 10.1 Å². The molecule has 0 saturated heterocycles. The van der Waals surface area contributed by atoms with Crippen LogP contribution in [0.15, 0.2) is 16.0 Å². The van der Waals surface area contributed by atoms with Crippen LogP contribution in [0.2, 0.25) is 0 Å². The molecule has 0 aromatic carbocycles. The Kier molecular flexibility index (Phi) is 6.42. The molecule has 1 heterocycles. The third-order valence-electron chi connectivity index (χ3n) is 2.99. The SMILES string of the molecule is Cc1cc(=O)[nH]c(SCCCC(C)(NC(C)C)C(=O)O)n1. The number of H-pyrrole nitrogens is 1. The predicted octanol–water partition coefficient (Wildman–Crippen LogP) is 1.79. The zero-order valence-electron chi connectivity index (χ0n) is 12.9. The van der Waals surface area contributed by atoms with Crippen LogP contribution in [0.25, 0.3) is 0 Å². The maximum absolute atomic E-state index is 11.4. The topological polar surface area (TPSA) is 95.1 Å². The summed E-state index contributed by atoms with van der Waals surface area (Å²) in [4.78, 5) is 29.6. The number of aryl methyl sites for hydroxylation is 1. The van der Waals surface area contributed by atoms with Gasteiger partial charge in [-0.1, -0.05) is 11.8 Å². The molecule has 0 saturated carbocycles. The van der Waals surface area contributed by atoms with Crippen LogP contribution in [0, 0.1) is 6.92 Å². The second-order valence-corrected chi connectivity index (χ2v) is 6.66. The van der Waals surface area contributed by atoms with Gasteiger partial charge in [0.2, 0.25) is 0 Å². The molecule has 0 aliphatic carbocycles. The lowest BCUT2D eigenvalue weighted by atomic mass is 9.95. The molecule has 1 rings (SSSR count). The summed E-state index contributed by atoms with van der Waals surface area (Å²) < 4.78 is 0. The highest BCUT2D eigenvalue weighted by Crippen LogP contribution is 2.19. The Balaban J connectivity index is 2.51. The number of thioether (sulfide) groups is 1. The fraction of sp³-hybridized carbons (Fsp3) is 0.643. The molecule has 0 spiro atoms. The Morgan fingerprint density at radius 3 is 2.76 bits per heavy atom. The van der Waals surface area contributed by atoms with E-state index in [2.05, 4.69) is 15.3 Å². The molecule has 0 aliphatic heterocycles. The van der Waals surface area contributed by atoms with Crippen molar-refractivity contribution in [3.63, 3.8) is 0 Å². The molecule has 21 heavy (non-hydrogen) atoms. The van der Waals surface area contributed by atoms with Gasteiger partial charge in [-0.25, -0.2) is 4.98 Å². The van der Waals surface area contributed by atoms with Gasteiger partial charge in [-0.2, -0.15) is 0 Å². The van der Waals surface area contributed by atoms with Crippen molar-refractivity contribution >= 4 is 17.7 Å². The average molecular weight is 313 g/mol. The van der Waals surface area contributed by atoms with Crippen LogP contribution in [-0.2, 0) is 4.79 Å². The molecule has 1 aromatic heterocycles. The van der Waals surface area contributed by atoms with E-state index in [1.54, 1.807) is 13.8 Å². The number of carbonyl (C=O) groups is 1. The zero-order valence-corrected chi connectivity index (χ0v) is 13.7. The molecule has 1 aromatic rings. The first-order chi connectivity index (χ1) is 9.73. The molecule has 0 radical (unpaired) electrons. The van der Waals surface area contributed by atoms with Gasteiger partial charge in [-0.3, -0.25) is 14.9 Å². The quantitative estimate of drug-likeness (QED) is 0.385. The number of rotatable bonds is 8. The van der Waals surface area contributed by atoms with Gasteiger partial charge >= 0.3 is 5.97 Å². The van der Waals surface area contributed by atoms with Crippen LogP contribution in [0.5, 0.6) is 0 Å². The van der Waals surface area contributed by atoms with Crippen molar-refractivity contribution in [2.75, 3.05) is 5.75 Å². The Morgan fingerprint density at radius 1 is 1.57 bits per heavy atom. The molecular weight excluding hydrogens is 290 g/mol. The number of aliphatic carboxylic acids is 1. The van der Waals surface area contributed by atoms with Crippen LogP contribution < -0.4 is 10.9 Å². The number of carboxylic acids is 1. The molecule has 3 N–H and O–H groups in total. The van der Waals surface area contributed by atoms with Gasteiger partial charge in [0.25, 0.3) is 5.56 Å². The first-order valence-electron chi connectivity index (χ1n) is 6.95. The van der Waals surface area contributed by atoms with Crippen LogP contribution in [-0.4, -0.2) is 38.4 Å². The molecule has 7 heteroatoms. The Morgan fingerprint density at radius 2 is 2.24 bits per heavy atom. The minimum atomic E-state index is -0.928. The summed E-state index contributed by atoms with van der Waals surface area (Å²) in [5.74, 6) is -0.141. The number of nitrogens with zero attached hydrogens (tertiary/aromatic N) is 1. The van der Waals surface area contributed by atoms with Gasteiger partial charge in [0.05, 0.1) is 0 Å². The highest BCUT2D eigenvalue weighted by Gasteiger charge is 2.32. The smallest absolute Gasteiger partial charge is 0.323 e. The molecule has 6 nitrogen and oxygen atoms in total. The monoisotopic (exact) mass is 313 g/mol. The minimum Gasteiger partial charge on any atom is -0.480 e. The van der Waals surface area contributed by atoms with E-state index in [0.717, 1.165) is 0 Å². The molecule has 0 fully saturated rings. The number of hydrogen-bond acceptors (Lipinski definition) is 5. The van der Waals surface area contributed by atoms with E-state index >= 15 is 0 Å². The summed E-state index contributed by atoms with van der Waals surface area (Å²) in [6.45, 7) is 7.33. The predicted molar refractivity (Wildman–Crippen MR) is 83.9 cm³/mol. The first-order valence-corrected chi connectivity index (χ1v) is 7.93. The highest BCUT2D eigenvalue weighted by molar-refractivity contribution is 7.99. The van der Waals surface area contributed by atoms with Gasteiger partial charge in [-0.15, -0.1) is 0 Å². The summed E-state index contributed by atoms with van der Waals surface area (Å²) in [6, 6.07) is 1.55. The van der Waals surface area contributed by atoms with Crippen LogP contribution in [0.4, 0.5) is 0 Å². The van der Waals surface area contributed by atoms with Crippen molar-refractivity contribution in [1.29, 1.82) is 0 Å². The molecule has 1 unspecified atom stereocenters. The van der Waals surface area contributed by atoms with Crippen LogP contribution >= 0.6 is 11.8 Å². The van der Waals surface area contributed by atoms with Crippen molar-refractivity contribution in [2.45, 2.75) is 57.3 Å². The summed E-state index contributed by atoms with van der Waals surface area (Å²) in [7, 11) is 0. The van der Waals surface area contributed by atoms with E-state index in [1.807, 2.05) is 13.8 Å². The van der Waals surface area contributed by atoms with Crippen molar-refractivity contribution < 1.29 is 9.90 Å². The third kappa shape index (κ3) is 5.89. The van der Waals surface area contributed by atoms with Crippen LogP contribution in [0.3, 0.4) is 0 Å². The fourth-order valence-corrected chi connectivity index (χ4v) is 2.96. The maximum atomic E-state index is 11.4. The van der Waals surface area contributed by atoms with E-state index in [1.165, 1.54) is 17.8 Å². The maximum Gasteiger partial charge on any atom is 0.323 e. The van der Waals surface area contributed by atoms with E-state index in [0.29, 0.717) is 29.4 Å². The number of aromatic amines is 1. The third-order valence-corrected chi connectivity index (χ3v) is 3.95. The van der Waals surface area contributed by atoms with Gasteiger partial charge in [-0.05, 0) is 40.5 Å². The van der Waals surface area contributed by atoms with E-state index in [-0.39, 0.29) is 11.6 Å². The molecule has 0 bridgehead atoms. The van der Waals surface area contributed by atoms with E-state index in [9.17, 15) is 14.7 Å². The minimum absolute atomic E-state index is 0.105. The lowest BCUT2D eigenvalue weighted by Gasteiger charge is -2.28. The highest BCUT2D eigenvalue weighted by atomic mass is 32.2. The largest absolute Gasteiger partial charge is 0.480 e. The van der Waals surface area contributed by atoms with Gasteiger partial charge in [0.15, 0.2) is 5.16 Å². The second kappa shape index (κ2) is 7.61. The summed E-state index contributed by atoms with van der Waals surface area (Å²) in [5.41, 5.74) is -0.415. The number of nitrogens with one attached hydrogen (secondary N) is 2. The summed E-state index contributed by atoms with van der Waals surface area (Å²) in [6.07, 6.45) is 1.23. The summed E-state index contributed by atoms with van der Waals surface area (Å²) >= 11 is 1.43. The average Bonchev–Trinajstić information content (AvgIpc) is 2.32.